The lowest BCUT2D eigenvalue weighted by Crippen LogP contribution is -2.36. The number of halogens is 1. The van der Waals surface area contributed by atoms with Crippen LogP contribution in [-0.4, -0.2) is 16.8 Å². The molecule has 1 heterocycles. The maximum Gasteiger partial charge on any atom is 0.197 e. The number of carbonyl (C=O) groups excluding carboxylic acids is 1. The molecule has 15 heavy (non-hydrogen) atoms. The summed E-state index contributed by atoms with van der Waals surface area (Å²) in [6.07, 6.45) is -0.822. The Morgan fingerprint density at radius 3 is 2.93 bits per heavy atom. The van der Waals surface area contributed by atoms with Crippen molar-refractivity contribution in [2.75, 3.05) is 0 Å². The Morgan fingerprint density at radius 2 is 2.20 bits per heavy atom. The molecule has 0 fully saturated rings. The average Bonchev–Trinajstić information content (AvgIpc) is 2.26. The zero-order valence-corrected chi connectivity index (χ0v) is 9.09. The first-order valence-corrected chi connectivity index (χ1v) is 5.14. The van der Waals surface area contributed by atoms with Gasteiger partial charge in [0.25, 0.3) is 0 Å². The number of rotatable bonds is 1. The molecular weight excluding hydrogens is 262 g/mol. The third kappa shape index (κ3) is 1.69. The molecule has 0 spiro atoms. The molecule has 1 aromatic rings. The smallest absolute Gasteiger partial charge is 0.197 e. The van der Waals surface area contributed by atoms with Gasteiger partial charge < -0.3 is 4.74 Å². The lowest BCUT2D eigenvalue weighted by atomic mass is 10.0. The van der Waals surface area contributed by atoms with Gasteiger partial charge in [0.2, 0.25) is 0 Å². The Labute approximate surface area is 93.8 Å². The van der Waals surface area contributed by atoms with Crippen molar-refractivity contribution in [2.24, 2.45) is 5.11 Å². The van der Waals surface area contributed by atoms with Crippen LogP contribution in [0.15, 0.2) is 29.4 Å². The number of carbonyl (C=O) groups is 1. The molecule has 2 atom stereocenters. The van der Waals surface area contributed by atoms with E-state index >= 15 is 0 Å². The quantitative estimate of drug-likeness (QED) is 0.340. The molecule has 1 aliphatic rings. The number of fused-ring (bicyclic) bond motifs is 1. The Bertz CT molecular complexity index is 456. The fourth-order valence-electron chi connectivity index (χ4n) is 1.37. The average molecular weight is 268 g/mol. The molecule has 76 valence electrons. The lowest BCUT2D eigenvalue weighted by Gasteiger charge is -2.25. The lowest BCUT2D eigenvalue weighted by molar-refractivity contribution is 0.0880. The third-order valence-corrected chi connectivity index (χ3v) is 2.93. The molecule has 0 aliphatic carbocycles. The second-order valence-electron chi connectivity index (χ2n) is 2.98. The summed E-state index contributed by atoms with van der Waals surface area (Å²) in [6.45, 7) is 0. The van der Waals surface area contributed by atoms with E-state index in [2.05, 4.69) is 26.0 Å². The zero-order chi connectivity index (χ0) is 10.8. The van der Waals surface area contributed by atoms with Gasteiger partial charge in [0, 0.05) is 4.91 Å². The van der Waals surface area contributed by atoms with E-state index in [9.17, 15) is 4.79 Å². The molecule has 0 unspecified atom stereocenters. The van der Waals surface area contributed by atoms with Crippen LogP contribution in [-0.2, 0) is 0 Å². The van der Waals surface area contributed by atoms with E-state index in [-0.39, 0.29) is 5.78 Å². The van der Waals surface area contributed by atoms with Crippen LogP contribution in [0.1, 0.15) is 10.4 Å². The molecule has 0 N–H and O–H groups in total. The van der Waals surface area contributed by atoms with Gasteiger partial charge in [-0.1, -0.05) is 28.1 Å². The summed E-state index contributed by atoms with van der Waals surface area (Å²) in [5.41, 5.74) is 8.82. The Kier molecular flexibility index (Phi) is 2.62. The monoisotopic (exact) mass is 267 g/mol. The van der Waals surface area contributed by atoms with Gasteiger partial charge in [0.1, 0.15) is 10.6 Å². The van der Waals surface area contributed by atoms with Crippen molar-refractivity contribution in [3.05, 3.63) is 40.3 Å². The van der Waals surface area contributed by atoms with Crippen molar-refractivity contribution >= 4 is 21.7 Å². The summed E-state index contributed by atoms with van der Waals surface area (Å²) >= 11 is 3.15. The van der Waals surface area contributed by atoms with Gasteiger partial charge in [-0.25, -0.2) is 0 Å². The SMILES string of the molecule is [N-]=[N+]=N[C@@H]1Oc2ccccc2C(=O)[C@H]1Br. The van der Waals surface area contributed by atoms with E-state index in [1.807, 2.05) is 0 Å². The summed E-state index contributed by atoms with van der Waals surface area (Å²) < 4.78 is 5.37. The summed E-state index contributed by atoms with van der Waals surface area (Å²) in [6, 6.07) is 6.87. The van der Waals surface area contributed by atoms with Gasteiger partial charge in [-0.05, 0) is 22.8 Å². The van der Waals surface area contributed by atoms with Crippen LogP contribution < -0.4 is 4.74 Å². The van der Waals surface area contributed by atoms with Gasteiger partial charge in [-0.3, -0.25) is 4.79 Å². The molecule has 2 rings (SSSR count). The number of alkyl halides is 1. The number of hydrogen-bond donors (Lipinski definition) is 0. The van der Waals surface area contributed by atoms with Crippen LogP contribution in [0.2, 0.25) is 0 Å². The van der Waals surface area contributed by atoms with Crippen molar-refractivity contribution in [1.29, 1.82) is 0 Å². The molecule has 0 radical (unpaired) electrons. The van der Waals surface area contributed by atoms with E-state index in [0.717, 1.165) is 0 Å². The highest BCUT2D eigenvalue weighted by molar-refractivity contribution is 9.10. The van der Waals surface area contributed by atoms with E-state index in [0.29, 0.717) is 11.3 Å². The Balaban J connectivity index is 2.45. The highest BCUT2D eigenvalue weighted by Crippen LogP contribution is 2.31. The second-order valence-corrected chi connectivity index (χ2v) is 3.96. The van der Waals surface area contributed by atoms with Crippen LogP contribution >= 0.6 is 15.9 Å². The van der Waals surface area contributed by atoms with Crippen molar-refractivity contribution in [2.45, 2.75) is 11.1 Å². The number of Topliss-reactive ketones (excluding diaryl/α,β-unsaturated/α-hetero) is 1. The minimum absolute atomic E-state index is 0.130. The maximum atomic E-state index is 11.8. The van der Waals surface area contributed by atoms with Crippen LogP contribution in [0.5, 0.6) is 5.75 Å². The zero-order valence-electron chi connectivity index (χ0n) is 7.50. The highest BCUT2D eigenvalue weighted by Gasteiger charge is 2.34. The standard InChI is InChI=1S/C9H6BrN3O2/c10-7-8(14)5-3-1-2-4-6(5)15-9(7)12-13-11/h1-4,7,9H/t7-,9-/m1/s1. The van der Waals surface area contributed by atoms with Crippen LogP contribution in [0, 0.1) is 0 Å². The normalized spacial score (nSPS) is 23.7. The molecule has 0 saturated carbocycles. The van der Waals surface area contributed by atoms with Crippen molar-refractivity contribution < 1.29 is 9.53 Å². The van der Waals surface area contributed by atoms with E-state index < -0.39 is 11.1 Å². The maximum absolute atomic E-state index is 11.8. The van der Waals surface area contributed by atoms with E-state index in [4.69, 9.17) is 10.3 Å². The highest BCUT2D eigenvalue weighted by atomic mass is 79.9. The van der Waals surface area contributed by atoms with Crippen LogP contribution in [0.25, 0.3) is 10.4 Å². The summed E-state index contributed by atoms with van der Waals surface area (Å²) in [5.74, 6) is 0.324. The Hall–Kier alpha value is -1.52. The van der Waals surface area contributed by atoms with E-state index in [1.165, 1.54) is 0 Å². The molecule has 0 aromatic heterocycles. The number of nitrogens with zero attached hydrogens (tertiary/aromatic N) is 3. The number of ketones is 1. The van der Waals surface area contributed by atoms with Gasteiger partial charge in [-0.2, -0.15) is 0 Å². The summed E-state index contributed by atoms with van der Waals surface area (Å²) in [4.78, 5) is 13.8. The van der Waals surface area contributed by atoms with Crippen LogP contribution in [0.4, 0.5) is 0 Å². The molecule has 0 saturated heterocycles. The number of ether oxygens (including phenoxy) is 1. The minimum Gasteiger partial charge on any atom is -0.482 e. The van der Waals surface area contributed by atoms with Crippen LogP contribution in [0.3, 0.4) is 0 Å². The molecule has 1 aromatic carbocycles. The van der Waals surface area contributed by atoms with E-state index in [1.54, 1.807) is 24.3 Å². The minimum atomic E-state index is -0.822. The third-order valence-electron chi connectivity index (χ3n) is 2.07. The number of benzene rings is 1. The van der Waals surface area contributed by atoms with Gasteiger partial charge in [0.05, 0.1) is 5.56 Å². The van der Waals surface area contributed by atoms with Crippen molar-refractivity contribution in [3.63, 3.8) is 0 Å². The molecule has 5 nitrogen and oxygen atoms in total. The number of hydrogen-bond acceptors (Lipinski definition) is 3. The molecular formula is C9H6BrN3O2. The van der Waals surface area contributed by atoms with Gasteiger partial charge >= 0.3 is 0 Å². The first-order valence-electron chi connectivity index (χ1n) is 4.22. The van der Waals surface area contributed by atoms with Gasteiger partial charge in [0.15, 0.2) is 12.0 Å². The molecule has 6 heteroatoms. The first kappa shape index (κ1) is 10.0. The molecule has 0 bridgehead atoms. The topological polar surface area (TPSA) is 75.1 Å². The van der Waals surface area contributed by atoms with Crippen molar-refractivity contribution in [1.82, 2.24) is 0 Å². The fraction of sp³-hybridized carbons (Fsp3) is 0.222. The number of para-hydroxylation sites is 1. The van der Waals surface area contributed by atoms with Gasteiger partial charge in [-0.15, -0.1) is 0 Å². The predicted octanol–water partition coefficient (Wildman–Crippen LogP) is 2.66. The molecule has 1 aliphatic heterocycles. The Morgan fingerprint density at radius 1 is 1.47 bits per heavy atom. The summed E-state index contributed by atoms with van der Waals surface area (Å²) in [5, 5.41) is 3.40. The fourth-order valence-corrected chi connectivity index (χ4v) is 1.83. The predicted molar refractivity (Wildman–Crippen MR) is 57.0 cm³/mol. The number of azide groups is 1. The van der Waals surface area contributed by atoms with Crippen molar-refractivity contribution in [3.8, 4) is 5.75 Å². The molecule has 0 amide bonds. The first-order chi connectivity index (χ1) is 7.24. The largest absolute Gasteiger partial charge is 0.482 e. The summed E-state index contributed by atoms with van der Waals surface area (Å²) in [7, 11) is 0. The second kappa shape index (κ2) is 3.92.